The van der Waals surface area contributed by atoms with Crippen molar-refractivity contribution in [2.75, 3.05) is 19.6 Å². The highest BCUT2D eigenvalue weighted by atomic mass is 35.5. The largest absolute Gasteiger partial charge is 0.349 e. The Morgan fingerprint density at radius 3 is 2.39 bits per heavy atom. The van der Waals surface area contributed by atoms with Gasteiger partial charge in [0, 0.05) is 24.7 Å². The number of fused-ring (bicyclic) bond motifs is 1. The van der Waals surface area contributed by atoms with Crippen molar-refractivity contribution in [1.82, 2.24) is 10.2 Å². The number of halogens is 2. The van der Waals surface area contributed by atoms with E-state index in [0.717, 1.165) is 74.8 Å². The monoisotopic (exact) mass is 531 g/mol. The van der Waals surface area contributed by atoms with Crippen LogP contribution >= 0.6 is 12.4 Å². The van der Waals surface area contributed by atoms with Gasteiger partial charge in [-0.1, -0.05) is 30.3 Å². The average Bonchev–Trinajstić information content (AvgIpc) is 3.15. The number of hydrogen-bond donors (Lipinski definition) is 1. The number of nitriles is 1. The molecule has 2 aliphatic rings. The molecule has 0 unspecified atom stereocenters. The molecule has 6 heteroatoms. The van der Waals surface area contributed by atoms with Crippen LogP contribution in [0.4, 0.5) is 4.39 Å². The van der Waals surface area contributed by atoms with Crippen LogP contribution in [-0.2, 0) is 12.8 Å². The molecule has 1 heterocycles. The Morgan fingerprint density at radius 1 is 0.921 bits per heavy atom. The molecule has 5 rings (SSSR count). The molecule has 0 saturated heterocycles. The van der Waals surface area contributed by atoms with Gasteiger partial charge in [0.15, 0.2) is 0 Å². The summed E-state index contributed by atoms with van der Waals surface area (Å²) in [6.45, 7) is 3.27. The molecule has 1 aliphatic heterocycles. The van der Waals surface area contributed by atoms with E-state index in [1.54, 1.807) is 12.1 Å². The first-order chi connectivity index (χ1) is 18.1. The van der Waals surface area contributed by atoms with Gasteiger partial charge in [-0.05, 0) is 116 Å². The highest BCUT2D eigenvalue weighted by Crippen LogP contribution is 2.28. The second kappa shape index (κ2) is 13.0. The third-order valence-electron chi connectivity index (χ3n) is 8.07. The Bertz CT molecular complexity index is 1280. The Morgan fingerprint density at radius 2 is 1.66 bits per heavy atom. The molecule has 198 valence electrons. The minimum atomic E-state index is -0.264. The number of carbonyl (C=O) groups excluding carboxylic acids is 1. The van der Waals surface area contributed by atoms with Gasteiger partial charge >= 0.3 is 0 Å². The zero-order valence-electron chi connectivity index (χ0n) is 21.7. The molecule has 0 atom stereocenters. The van der Waals surface area contributed by atoms with Crippen molar-refractivity contribution in [2.45, 2.75) is 51.0 Å². The molecule has 1 saturated carbocycles. The van der Waals surface area contributed by atoms with Crippen molar-refractivity contribution in [3.05, 3.63) is 94.8 Å². The van der Waals surface area contributed by atoms with E-state index >= 15 is 0 Å². The zero-order valence-corrected chi connectivity index (χ0v) is 22.5. The van der Waals surface area contributed by atoms with E-state index < -0.39 is 0 Å². The maximum atomic E-state index is 13.3. The molecule has 1 amide bonds. The fourth-order valence-corrected chi connectivity index (χ4v) is 5.78. The van der Waals surface area contributed by atoms with Crippen LogP contribution in [0.25, 0.3) is 11.1 Å². The molecule has 1 fully saturated rings. The first kappa shape index (κ1) is 27.8. The molecular formula is C32H35ClFN3O. The molecule has 0 bridgehead atoms. The lowest BCUT2D eigenvalue weighted by atomic mass is 9.84. The Hall–Kier alpha value is -3.20. The second-order valence-electron chi connectivity index (χ2n) is 10.5. The molecule has 0 spiro atoms. The van der Waals surface area contributed by atoms with Crippen molar-refractivity contribution in [3.8, 4) is 17.2 Å². The van der Waals surface area contributed by atoms with Gasteiger partial charge < -0.3 is 10.2 Å². The third-order valence-corrected chi connectivity index (χ3v) is 8.07. The summed E-state index contributed by atoms with van der Waals surface area (Å²) in [6.07, 6.45) is 7.64. The Balaban J connectivity index is 0.00000336. The fourth-order valence-electron chi connectivity index (χ4n) is 5.78. The fraction of sp³-hybridized carbons (Fsp3) is 0.375. The first-order valence-electron chi connectivity index (χ1n) is 13.5. The van der Waals surface area contributed by atoms with Crippen LogP contribution in [0.1, 0.15) is 59.2 Å². The maximum absolute atomic E-state index is 13.3. The molecule has 3 aromatic rings. The number of rotatable bonds is 6. The molecule has 0 radical (unpaired) electrons. The number of amides is 1. The summed E-state index contributed by atoms with van der Waals surface area (Å²) in [4.78, 5) is 15.5. The van der Waals surface area contributed by atoms with E-state index in [-0.39, 0.29) is 30.2 Å². The van der Waals surface area contributed by atoms with E-state index in [2.05, 4.69) is 28.4 Å². The van der Waals surface area contributed by atoms with Crippen molar-refractivity contribution in [1.29, 1.82) is 5.26 Å². The number of benzene rings is 3. The van der Waals surface area contributed by atoms with Gasteiger partial charge in [0.1, 0.15) is 5.82 Å². The van der Waals surface area contributed by atoms with E-state index in [1.165, 1.54) is 29.7 Å². The summed E-state index contributed by atoms with van der Waals surface area (Å²) < 4.78 is 13.3. The topological polar surface area (TPSA) is 56.1 Å². The lowest BCUT2D eigenvalue weighted by Gasteiger charge is -2.30. The van der Waals surface area contributed by atoms with Gasteiger partial charge in [-0.15, -0.1) is 12.4 Å². The predicted octanol–water partition coefficient (Wildman–Crippen LogP) is 6.57. The van der Waals surface area contributed by atoms with Crippen molar-refractivity contribution in [3.63, 3.8) is 0 Å². The van der Waals surface area contributed by atoms with Crippen molar-refractivity contribution < 1.29 is 9.18 Å². The van der Waals surface area contributed by atoms with Crippen LogP contribution in [0.15, 0.2) is 66.7 Å². The van der Waals surface area contributed by atoms with Crippen molar-refractivity contribution in [2.24, 2.45) is 5.92 Å². The maximum Gasteiger partial charge on any atom is 0.251 e. The summed E-state index contributed by atoms with van der Waals surface area (Å²) in [6, 6.07) is 22.5. The smallest absolute Gasteiger partial charge is 0.251 e. The molecule has 1 N–H and O–H groups in total. The SMILES string of the molecule is Cl.N#Cc1ccc2c(c1)CCN(CCC1CCC(NC(=O)c3cccc(-c4ccc(F)cc4)c3)CC1)CC2. The number of carbonyl (C=O) groups is 1. The lowest BCUT2D eigenvalue weighted by Crippen LogP contribution is -2.38. The Kier molecular flexibility index (Phi) is 9.55. The van der Waals surface area contributed by atoms with Gasteiger partial charge in [0.2, 0.25) is 0 Å². The normalized spacial score (nSPS) is 19.4. The third kappa shape index (κ3) is 7.01. The highest BCUT2D eigenvalue weighted by molar-refractivity contribution is 5.95. The zero-order chi connectivity index (χ0) is 25.6. The summed E-state index contributed by atoms with van der Waals surface area (Å²) in [5.41, 5.74) is 5.95. The van der Waals surface area contributed by atoms with Crippen LogP contribution in [0.2, 0.25) is 0 Å². The standard InChI is InChI=1S/C32H34FN3O.ClH/c33-30-10-8-25(9-11-30)27-2-1-3-29(21-27)32(37)35-31-12-5-23(6-13-31)14-17-36-18-15-26-7-4-24(22-34)20-28(26)16-19-36;/h1-4,7-11,20-21,23,31H,5-6,12-19H2,(H,35,37);1H. The number of hydrogen-bond acceptors (Lipinski definition) is 3. The van der Waals surface area contributed by atoms with Gasteiger partial charge in [-0.2, -0.15) is 5.26 Å². The van der Waals surface area contributed by atoms with Crippen LogP contribution in [0.5, 0.6) is 0 Å². The minimum Gasteiger partial charge on any atom is -0.349 e. The molecule has 4 nitrogen and oxygen atoms in total. The first-order valence-corrected chi connectivity index (χ1v) is 13.5. The minimum absolute atomic E-state index is 0. The van der Waals surface area contributed by atoms with Gasteiger partial charge in [-0.25, -0.2) is 4.39 Å². The Labute approximate surface area is 231 Å². The lowest BCUT2D eigenvalue weighted by molar-refractivity contribution is 0.0920. The number of nitrogens with zero attached hydrogens (tertiary/aromatic N) is 2. The highest BCUT2D eigenvalue weighted by Gasteiger charge is 2.24. The predicted molar refractivity (Wildman–Crippen MR) is 152 cm³/mol. The van der Waals surface area contributed by atoms with Crippen LogP contribution in [-0.4, -0.2) is 36.5 Å². The molecule has 3 aromatic carbocycles. The second-order valence-corrected chi connectivity index (χ2v) is 10.5. The van der Waals surface area contributed by atoms with E-state index in [0.29, 0.717) is 11.5 Å². The van der Waals surface area contributed by atoms with Crippen LogP contribution in [0, 0.1) is 23.1 Å². The summed E-state index contributed by atoms with van der Waals surface area (Å²) in [7, 11) is 0. The van der Waals surface area contributed by atoms with Gasteiger partial charge in [-0.3, -0.25) is 4.79 Å². The molecule has 0 aromatic heterocycles. The summed E-state index contributed by atoms with van der Waals surface area (Å²) >= 11 is 0. The number of nitrogens with one attached hydrogen (secondary N) is 1. The molecule has 38 heavy (non-hydrogen) atoms. The summed E-state index contributed by atoms with van der Waals surface area (Å²) in [5.74, 6) is 0.419. The quantitative estimate of drug-likeness (QED) is 0.391. The summed E-state index contributed by atoms with van der Waals surface area (Å²) in [5, 5.41) is 12.4. The average molecular weight is 532 g/mol. The van der Waals surface area contributed by atoms with Gasteiger partial charge in [0.05, 0.1) is 11.6 Å². The van der Waals surface area contributed by atoms with E-state index in [9.17, 15) is 14.4 Å². The van der Waals surface area contributed by atoms with E-state index in [1.807, 2.05) is 30.3 Å². The molecular weight excluding hydrogens is 497 g/mol. The van der Waals surface area contributed by atoms with Crippen LogP contribution < -0.4 is 5.32 Å². The molecule has 1 aliphatic carbocycles. The van der Waals surface area contributed by atoms with Gasteiger partial charge in [0.25, 0.3) is 5.91 Å². The van der Waals surface area contributed by atoms with Crippen LogP contribution in [0.3, 0.4) is 0 Å². The van der Waals surface area contributed by atoms with Crippen molar-refractivity contribution >= 4 is 18.3 Å². The van der Waals surface area contributed by atoms with E-state index in [4.69, 9.17) is 0 Å².